The number of nitrogens with zero attached hydrogens (tertiary/aromatic N) is 1. The van der Waals surface area contributed by atoms with Crippen LogP contribution in [0.4, 0.5) is 0 Å². The van der Waals surface area contributed by atoms with E-state index in [1.54, 1.807) is 7.11 Å². The lowest BCUT2D eigenvalue weighted by molar-refractivity contribution is 0.136. The lowest BCUT2D eigenvalue weighted by Gasteiger charge is -2.38. The van der Waals surface area contributed by atoms with Gasteiger partial charge in [-0.05, 0) is 48.2 Å². The van der Waals surface area contributed by atoms with Gasteiger partial charge < -0.3 is 9.84 Å². The van der Waals surface area contributed by atoms with Crippen LogP contribution in [0.15, 0.2) is 84.9 Å². The van der Waals surface area contributed by atoms with Crippen molar-refractivity contribution in [3.63, 3.8) is 0 Å². The first-order valence-corrected chi connectivity index (χ1v) is 10.3. The number of ether oxygens (including phenoxy) is 1. The van der Waals surface area contributed by atoms with Gasteiger partial charge in [-0.15, -0.1) is 0 Å². The van der Waals surface area contributed by atoms with Crippen LogP contribution >= 0.6 is 0 Å². The fraction of sp³-hybridized carbons (Fsp3) is 0.308. The van der Waals surface area contributed by atoms with E-state index in [-0.39, 0.29) is 18.1 Å². The Bertz CT molecular complexity index is 912. The molecule has 0 amide bonds. The predicted molar refractivity (Wildman–Crippen MR) is 117 cm³/mol. The zero-order valence-corrected chi connectivity index (χ0v) is 17.0. The van der Waals surface area contributed by atoms with Crippen LogP contribution in [0.3, 0.4) is 0 Å². The van der Waals surface area contributed by atoms with Crippen molar-refractivity contribution in [2.24, 2.45) is 0 Å². The first-order chi connectivity index (χ1) is 14.3. The third-order valence-electron chi connectivity index (χ3n) is 6.31. The molecule has 1 heterocycles. The molecule has 3 aromatic carbocycles. The summed E-state index contributed by atoms with van der Waals surface area (Å²) >= 11 is 0. The summed E-state index contributed by atoms with van der Waals surface area (Å²) in [6.07, 6.45) is 1.93. The average molecular weight is 388 g/mol. The lowest BCUT2D eigenvalue weighted by atomic mass is 9.72. The Labute approximate surface area is 173 Å². The molecule has 0 bridgehead atoms. The summed E-state index contributed by atoms with van der Waals surface area (Å²) in [4.78, 5) is 2.54. The first kappa shape index (κ1) is 19.7. The maximum absolute atomic E-state index is 10.7. The van der Waals surface area contributed by atoms with E-state index < -0.39 is 0 Å². The molecule has 3 nitrogen and oxygen atoms in total. The normalized spacial score (nSPS) is 21.9. The van der Waals surface area contributed by atoms with E-state index in [9.17, 15) is 5.11 Å². The molecule has 0 saturated carbocycles. The Morgan fingerprint density at radius 1 is 0.966 bits per heavy atom. The van der Waals surface area contributed by atoms with Crippen molar-refractivity contribution in [2.45, 2.75) is 24.3 Å². The highest BCUT2D eigenvalue weighted by Crippen LogP contribution is 2.49. The molecular weight excluding hydrogens is 358 g/mol. The fourth-order valence-electron chi connectivity index (χ4n) is 4.77. The second-order valence-electron chi connectivity index (χ2n) is 7.88. The standard InChI is InChI=1S/C26H29NO2/c1-29-24-14-8-13-23(19-24)26(20-28)16-18-27(17-15-21-9-4-2-5-10-21)25(26)22-11-6-3-7-12-22/h2-14,19,25,28H,15-18,20H2,1H3. The van der Waals surface area contributed by atoms with Crippen LogP contribution in [0, 0.1) is 0 Å². The summed E-state index contributed by atoms with van der Waals surface area (Å²) in [5.41, 5.74) is 3.42. The van der Waals surface area contributed by atoms with E-state index in [0.717, 1.165) is 37.2 Å². The number of methoxy groups -OCH3 is 1. The predicted octanol–water partition coefficient (Wildman–Crippen LogP) is 4.62. The molecule has 1 aliphatic rings. The van der Waals surface area contributed by atoms with E-state index in [2.05, 4.69) is 77.7 Å². The van der Waals surface area contributed by atoms with Crippen molar-refractivity contribution in [1.29, 1.82) is 0 Å². The fourth-order valence-corrected chi connectivity index (χ4v) is 4.77. The quantitative estimate of drug-likeness (QED) is 0.642. The topological polar surface area (TPSA) is 32.7 Å². The Balaban J connectivity index is 1.70. The van der Waals surface area contributed by atoms with Gasteiger partial charge in [0, 0.05) is 18.0 Å². The summed E-state index contributed by atoms with van der Waals surface area (Å²) in [5.74, 6) is 0.838. The second kappa shape index (κ2) is 8.81. The Kier molecular flexibility index (Phi) is 5.98. The Hall–Kier alpha value is -2.62. The Morgan fingerprint density at radius 3 is 2.38 bits per heavy atom. The largest absolute Gasteiger partial charge is 0.497 e. The number of aliphatic hydroxyl groups excluding tert-OH is 1. The van der Waals surface area contributed by atoms with Crippen LogP contribution in [0.2, 0.25) is 0 Å². The van der Waals surface area contributed by atoms with Gasteiger partial charge >= 0.3 is 0 Å². The molecule has 4 rings (SSSR count). The first-order valence-electron chi connectivity index (χ1n) is 10.3. The van der Waals surface area contributed by atoms with E-state index >= 15 is 0 Å². The van der Waals surface area contributed by atoms with Crippen molar-refractivity contribution in [3.8, 4) is 5.75 Å². The smallest absolute Gasteiger partial charge is 0.119 e. The van der Waals surface area contributed by atoms with E-state index in [4.69, 9.17) is 4.74 Å². The molecule has 1 fully saturated rings. The van der Waals surface area contributed by atoms with Gasteiger partial charge in [-0.2, -0.15) is 0 Å². The SMILES string of the molecule is COc1cccc(C2(CO)CCN(CCc3ccccc3)C2c2ccccc2)c1. The van der Waals surface area contributed by atoms with Gasteiger partial charge in [-0.25, -0.2) is 0 Å². The van der Waals surface area contributed by atoms with Crippen molar-refractivity contribution in [3.05, 3.63) is 102 Å². The van der Waals surface area contributed by atoms with Gasteiger partial charge in [0.2, 0.25) is 0 Å². The minimum Gasteiger partial charge on any atom is -0.497 e. The molecule has 0 aliphatic carbocycles. The van der Waals surface area contributed by atoms with Gasteiger partial charge in [0.15, 0.2) is 0 Å². The molecule has 2 unspecified atom stereocenters. The number of likely N-dealkylation sites (tertiary alicyclic amines) is 1. The molecule has 0 aromatic heterocycles. The Morgan fingerprint density at radius 2 is 1.69 bits per heavy atom. The van der Waals surface area contributed by atoms with Crippen LogP contribution in [-0.2, 0) is 11.8 Å². The number of rotatable bonds is 7. The molecular formula is C26H29NO2. The van der Waals surface area contributed by atoms with Gasteiger partial charge in [-0.3, -0.25) is 4.90 Å². The van der Waals surface area contributed by atoms with E-state index in [0.29, 0.717) is 0 Å². The lowest BCUT2D eigenvalue weighted by Crippen LogP contribution is -2.39. The molecule has 1 aliphatic heterocycles. The number of hydrogen-bond donors (Lipinski definition) is 1. The number of hydrogen-bond acceptors (Lipinski definition) is 3. The molecule has 3 heteroatoms. The van der Waals surface area contributed by atoms with Crippen molar-refractivity contribution < 1.29 is 9.84 Å². The highest BCUT2D eigenvalue weighted by Gasteiger charge is 2.48. The maximum atomic E-state index is 10.7. The van der Waals surface area contributed by atoms with Crippen molar-refractivity contribution in [2.75, 3.05) is 26.8 Å². The molecule has 2 atom stereocenters. The van der Waals surface area contributed by atoms with Crippen LogP contribution in [-0.4, -0.2) is 36.8 Å². The highest BCUT2D eigenvalue weighted by molar-refractivity contribution is 5.40. The zero-order valence-electron chi connectivity index (χ0n) is 17.0. The summed E-state index contributed by atoms with van der Waals surface area (Å²) in [6.45, 7) is 2.04. The van der Waals surface area contributed by atoms with Crippen LogP contribution in [0.5, 0.6) is 5.75 Å². The van der Waals surface area contributed by atoms with Crippen molar-refractivity contribution in [1.82, 2.24) is 4.90 Å². The van der Waals surface area contributed by atoms with Gasteiger partial charge in [0.05, 0.1) is 13.7 Å². The maximum Gasteiger partial charge on any atom is 0.119 e. The monoisotopic (exact) mass is 387 g/mol. The van der Waals surface area contributed by atoms with Crippen molar-refractivity contribution >= 4 is 0 Å². The minimum atomic E-state index is -0.341. The molecule has 0 radical (unpaired) electrons. The third kappa shape index (κ3) is 3.93. The highest BCUT2D eigenvalue weighted by atomic mass is 16.5. The minimum absolute atomic E-state index is 0.113. The molecule has 3 aromatic rings. The molecule has 0 spiro atoms. The average Bonchev–Trinajstić information content (AvgIpc) is 3.18. The summed E-state index contributed by atoms with van der Waals surface area (Å²) in [6, 6.07) is 29.6. The van der Waals surface area contributed by atoms with Crippen LogP contribution in [0.25, 0.3) is 0 Å². The van der Waals surface area contributed by atoms with E-state index in [1.165, 1.54) is 11.1 Å². The molecule has 1 N–H and O–H groups in total. The molecule has 150 valence electrons. The third-order valence-corrected chi connectivity index (χ3v) is 6.31. The summed E-state index contributed by atoms with van der Waals surface area (Å²) < 4.78 is 5.48. The second-order valence-corrected chi connectivity index (χ2v) is 7.88. The molecule has 1 saturated heterocycles. The zero-order chi connectivity index (χ0) is 20.1. The number of aliphatic hydroxyl groups is 1. The van der Waals surface area contributed by atoms with Gasteiger partial charge in [0.25, 0.3) is 0 Å². The van der Waals surface area contributed by atoms with Crippen LogP contribution in [0.1, 0.15) is 29.2 Å². The number of benzene rings is 3. The molecule has 29 heavy (non-hydrogen) atoms. The summed E-state index contributed by atoms with van der Waals surface area (Å²) in [7, 11) is 1.69. The summed E-state index contributed by atoms with van der Waals surface area (Å²) in [5, 5.41) is 10.7. The van der Waals surface area contributed by atoms with Gasteiger partial charge in [-0.1, -0.05) is 72.8 Å². The van der Waals surface area contributed by atoms with Crippen LogP contribution < -0.4 is 4.74 Å². The van der Waals surface area contributed by atoms with Gasteiger partial charge in [0.1, 0.15) is 5.75 Å². The van der Waals surface area contributed by atoms with E-state index in [1.807, 2.05) is 12.1 Å².